The molecule has 0 aromatic rings. The van der Waals surface area contributed by atoms with Crippen LogP contribution in [-0.4, -0.2) is 74.4 Å². The molecular formula is C10H23NO4. The van der Waals surface area contributed by atoms with Gasteiger partial charge < -0.3 is 24.6 Å². The molecule has 0 aromatic carbocycles. The normalized spacial score (nSPS) is 15.6. The first-order chi connectivity index (χ1) is 7.10. The minimum Gasteiger partial charge on any atom is -0.395 e. The Morgan fingerprint density at radius 2 is 2.00 bits per heavy atom. The van der Waals surface area contributed by atoms with Crippen LogP contribution in [-0.2, 0) is 9.47 Å². The molecule has 5 nitrogen and oxygen atoms in total. The number of hydrogen-bond acceptors (Lipinski definition) is 5. The van der Waals surface area contributed by atoms with E-state index < -0.39 is 6.10 Å². The molecule has 0 amide bonds. The van der Waals surface area contributed by atoms with Crippen LogP contribution in [0, 0.1) is 0 Å². The zero-order chi connectivity index (χ0) is 11.7. The highest BCUT2D eigenvalue weighted by Crippen LogP contribution is 1.95. The van der Waals surface area contributed by atoms with Crippen molar-refractivity contribution >= 4 is 0 Å². The van der Waals surface area contributed by atoms with Crippen molar-refractivity contribution in [2.24, 2.45) is 0 Å². The van der Waals surface area contributed by atoms with E-state index in [1.807, 2.05) is 18.9 Å². The van der Waals surface area contributed by atoms with Crippen LogP contribution < -0.4 is 0 Å². The summed E-state index contributed by atoms with van der Waals surface area (Å²) in [5.41, 5.74) is 0. The molecule has 0 saturated heterocycles. The largest absolute Gasteiger partial charge is 0.395 e. The zero-order valence-corrected chi connectivity index (χ0v) is 9.85. The Kier molecular flexibility index (Phi) is 8.94. The third kappa shape index (κ3) is 8.77. The molecule has 0 bridgehead atoms. The third-order valence-corrected chi connectivity index (χ3v) is 1.98. The van der Waals surface area contributed by atoms with Crippen molar-refractivity contribution in [1.29, 1.82) is 0 Å². The quantitative estimate of drug-likeness (QED) is 0.540. The van der Waals surface area contributed by atoms with Gasteiger partial charge in [0.2, 0.25) is 0 Å². The molecule has 0 aliphatic carbocycles. The predicted molar refractivity (Wildman–Crippen MR) is 57.9 cm³/mol. The van der Waals surface area contributed by atoms with Gasteiger partial charge in [0, 0.05) is 20.2 Å². The summed E-state index contributed by atoms with van der Waals surface area (Å²) in [6, 6.07) is 0. The average molecular weight is 221 g/mol. The van der Waals surface area contributed by atoms with Gasteiger partial charge >= 0.3 is 0 Å². The fraction of sp³-hybridized carbons (Fsp3) is 1.00. The van der Waals surface area contributed by atoms with Crippen LogP contribution in [0.25, 0.3) is 0 Å². The van der Waals surface area contributed by atoms with Crippen molar-refractivity contribution in [2.75, 3.05) is 47.1 Å². The summed E-state index contributed by atoms with van der Waals surface area (Å²) in [5.74, 6) is 0. The fourth-order valence-corrected chi connectivity index (χ4v) is 1.23. The number of rotatable bonds is 9. The van der Waals surface area contributed by atoms with Gasteiger partial charge in [-0.1, -0.05) is 0 Å². The molecule has 0 fully saturated rings. The van der Waals surface area contributed by atoms with Crippen LogP contribution in [0.3, 0.4) is 0 Å². The van der Waals surface area contributed by atoms with E-state index in [-0.39, 0.29) is 12.7 Å². The van der Waals surface area contributed by atoms with Crippen LogP contribution in [0.15, 0.2) is 0 Å². The van der Waals surface area contributed by atoms with Crippen molar-refractivity contribution in [2.45, 2.75) is 19.1 Å². The van der Waals surface area contributed by atoms with E-state index in [9.17, 15) is 5.11 Å². The van der Waals surface area contributed by atoms with E-state index in [1.54, 1.807) is 7.11 Å². The van der Waals surface area contributed by atoms with E-state index in [0.29, 0.717) is 26.3 Å². The minimum atomic E-state index is -0.527. The molecule has 2 atom stereocenters. The molecule has 0 rings (SSSR count). The van der Waals surface area contributed by atoms with E-state index >= 15 is 0 Å². The molecule has 0 heterocycles. The summed E-state index contributed by atoms with van der Waals surface area (Å²) in [7, 11) is 3.46. The second-order valence-electron chi connectivity index (χ2n) is 3.74. The number of aliphatic hydroxyl groups excluding tert-OH is 2. The number of hydrogen-bond donors (Lipinski definition) is 2. The molecule has 0 saturated carbocycles. The maximum atomic E-state index is 9.57. The molecule has 0 radical (unpaired) electrons. The summed E-state index contributed by atoms with van der Waals surface area (Å²) in [6.45, 7) is 3.88. The summed E-state index contributed by atoms with van der Waals surface area (Å²) in [6.07, 6.45) is -0.534. The standard InChI is InChI=1S/C10H23NO4/c1-9(7-14-3)15-8-10(13)6-11(2)4-5-12/h9-10,12-13H,4-8H2,1-3H3. The van der Waals surface area contributed by atoms with Gasteiger partial charge in [-0.2, -0.15) is 0 Å². The monoisotopic (exact) mass is 221 g/mol. The van der Waals surface area contributed by atoms with Crippen LogP contribution in [0.2, 0.25) is 0 Å². The van der Waals surface area contributed by atoms with Gasteiger partial charge in [-0.05, 0) is 14.0 Å². The van der Waals surface area contributed by atoms with Gasteiger partial charge in [0.1, 0.15) is 0 Å². The SMILES string of the molecule is COCC(C)OCC(O)CN(C)CCO. The Bertz CT molecular complexity index is 145. The van der Waals surface area contributed by atoms with Crippen molar-refractivity contribution < 1.29 is 19.7 Å². The summed E-state index contributed by atoms with van der Waals surface area (Å²) in [5, 5.41) is 18.2. The van der Waals surface area contributed by atoms with Crippen molar-refractivity contribution in [3.05, 3.63) is 0 Å². The number of ether oxygens (including phenoxy) is 2. The first-order valence-electron chi connectivity index (χ1n) is 5.18. The van der Waals surface area contributed by atoms with Crippen LogP contribution in [0.1, 0.15) is 6.92 Å². The maximum absolute atomic E-state index is 9.57. The van der Waals surface area contributed by atoms with Gasteiger partial charge in [0.25, 0.3) is 0 Å². The minimum absolute atomic E-state index is 0.00667. The predicted octanol–water partition coefficient (Wildman–Crippen LogP) is -0.677. The summed E-state index contributed by atoms with van der Waals surface area (Å²) < 4.78 is 10.3. The average Bonchev–Trinajstić information content (AvgIpc) is 2.15. The lowest BCUT2D eigenvalue weighted by molar-refractivity contribution is -0.0386. The van der Waals surface area contributed by atoms with Crippen LogP contribution >= 0.6 is 0 Å². The van der Waals surface area contributed by atoms with Crippen LogP contribution in [0.4, 0.5) is 0 Å². The first-order valence-corrected chi connectivity index (χ1v) is 5.18. The molecule has 0 aliphatic rings. The highest BCUT2D eigenvalue weighted by Gasteiger charge is 2.10. The van der Waals surface area contributed by atoms with Crippen molar-refractivity contribution in [3.63, 3.8) is 0 Å². The Balaban J connectivity index is 3.51. The lowest BCUT2D eigenvalue weighted by Crippen LogP contribution is -2.35. The van der Waals surface area contributed by atoms with E-state index in [2.05, 4.69) is 0 Å². The van der Waals surface area contributed by atoms with Gasteiger partial charge in [-0.25, -0.2) is 0 Å². The summed E-state index contributed by atoms with van der Waals surface area (Å²) in [4.78, 5) is 1.86. The van der Waals surface area contributed by atoms with E-state index in [4.69, 9.17) is 14.6 Å². The maximum Gasteiger partial charge on any atom is 0.0900 e. The molecule has 15 heavy (non-hydrogen) atoms. The van der Waals surface area contributed by atoms with Crippen molar-refractivity contribution in [1.82, 2.24) is 4.90 Å². The van der Waals surface area contributed by atoms with Gasteiger partial charge in [0.15, 0.2) is 0 Å². The lowest BCUT2D eigenvalue weighted by Gasteiger charge is -2.21. The number of nitrogens with zero attached hydrogens (tertiary/aromatic N) is 1. The highest BCUT2D eigenvalue weighted by molar-refractivity contribution is 4.61. The summed E-state index contributed by atoms with van der Waals surface area (Å²) >= 11 is 0. The molecule has 0 aromatic heterocycles. The van der Waals surface area contributed by atoms with Gasteiger partial charge in [0.05, 0.1) is 32.0 Å². The molecule has 5 heteroatoms. The smallest absolute Gasteiger partial charge is 0.0900 e. The number of aliphatic hydroxyl groups is 2. The Morgan fingerprint density at radius 3 is 2.53 bits per heavy atom. The molecular weight excluding hydrogens is 198 g/mol. The molecule has 2 N–H and O–H groups in total. The zero-order valence-electron chi connectivity index (χ0n) is 9.85. The highest BCUT2D eigenvalue weighted by atomic mass is 16.5. The molecule has 92 valence electrons. The fourth-order valence-electron chi connectivity index (χ4n) is 1.23. The Morgan fingerprint density at radius 1 is 1.33 bits per heavy atom. The lowest BCUT2D eigenvalue weighted by atomic mass is 10.3. The van der Waals surface area contributed by atoms with Crippen LogP contribution in [0.5, 0.6) is 0 Å². The third-order valence-electron chi connectivity index (χ3n) is 1.98. The van der Waals surface area contributed by atoms with Crippen molar-refractivity contribution in [3.8, 4) is 0 Å². The topological polar surface area (TPSA) is 62.2 Å². The first kappa shape index (κ1) is 14.8. The second kappa shape index (κ2) is 9.06. The Hall–Kier alpha value is -0.200. The van der Waals surface area contributed by atoms with E-state index in [0.717, 1.165) is 0 Å². The number of methoxy groups -OCH3 is 1. The van der Waals surface area contributed by atoms with Gasteiger partial charge in [-0.3, -0.25) is 0 Å². The van der Waals surface area contributed by atoms with E-state index in [1.165, 1.54) is 0 Å². The Labute approximate surface area is 91.6 Å². The molecule has 2 unspecified atom stereocenters. The van der Waals surface area contributed by atoms with Gasteiger partial charge in [-0.15, -0.1) is 0 Å². The molecule has 0 spiro atoms. The molecule has 0 aliphatic heterocycles. The number of likely N-dealkylation sites (N-methyl/N-ethyl adjacent to an activating group) is 1. The second-order valence-corrected chi connectivity index (χ2v) is 3.74.